The van der Waals surface area contributed by atoms with Gasteiger partial charge in [0.25, 0.3) is 15.9 Å². The maximum atomic E-state index is 13.0. The summed E-state index contributed by atoms with van der Waals surface area (Å²) in [7, 11) is -2.37. The summed E-state index contributed by atoms with van der Waals surface area (Å²) < 4.78 is 33.6. The number of rotatable bonds is 6. The summed E-state index contributed by atoms with van der Waals surface area (Å²) in [4.78, 5) is 25.3. The molecule has 3 N–H and O–H groups in total. The molecule has 8 nitrogen and oxygen atoms in total. The van der Waals surface area contributed by atoms with Crippen molar-refractivity contribution in [3.63, 3.8) is 0 Å². The number of nitrogens with one attached hydrogen (secondary N) is 3. The van der Waals surface area contributed by atoms with Crippen molar-refractivity contribution in [2.45, 2.75) is 16.7 Å². The molecule has 33 heavy (non-hydrogen) atoms. The Labute approximate surface area is 195 Å². The number of anilines is 3. The number of methoxy groups -OCH3 is 1. The molecule has 10 heteroatoms. The molecule has 0 spiro atoms. The smallest absolute Gasteiger partial charge is 0.262 e. The van der Waals surface area contributed by atoms with Gasteiger partial charge in [0.1, 0.15) is 5.75 Å². The Morgan fingerprint density at radius 1 is 1.03 bits per heavy atom. The van der Waals surface area contributed by atoms with Crippen LogP contribution in [0.3, 0.4) is 0 Å². The molecule has 0 aromatic heterocycles. The van der Waals surface area contributed by atoms with Crippen LogP contribution < -0.4 is 20.1 Å². The van der Waals surface area contributed by atoms with Gasteiger partial charge in [-0.2, -0.15) is 0 Å². The molecule has 0 aliphatic carbocycles. The molecule has 0 unspecified atom stereocenters. The van der Waals surface area contributed by atoms with Gasteiger partial charge in [-0.25, -0.2) is 8.42 Å². The molecule has 4 rings (SSSR count). The number of fused-ring (bicyclic) bond motifs is 1. The predicted molar refractivity (Wildman–Crippen MR) is 129 cm³/mol. The van der Waals surface area contributed by atoms with E-state index in [9.17, 15) is 18.0 Å². The molecule has 3 aromatic carbocycles. The van der Waals surface area contributed by atoms with Gasteiger partial charge in [0.2, 0.25) is 5.91 Å². The fraction of sp³-hybridized carbons (Fsp3) is 0.130. The molecule has 170 valence electrons. The lowest BCUT2D eigenvalue weighted by Crippen LogP contribution is -2.20. The summed E-state index contributed by atoms with van der Waals surface area (Å²) in [5.41, 5.74) is 2.18. The zero-order chi connectivity index (χ0) is 23.6. The van der Waals surface area contributed by atoms with Gasteiger partial charge in [-0.1, -0.05) is 6.07 Å². The van der Waals surface area contributed by atoms with E-state index < -0.39 is 15.9 Å². The Hall–Kier alpha value is -3.50. The van der Waals surface area contributed by atoms with Crippen LogP contribution in [0, 0.1) is 6.92 Å². The Bertz CT molecular complexity index is 1340. The van der Waals surface area contributed by atoms with Crippen LogP contribution in [0.2, 0.25) is 0 Å². The van der Waals surface area contributed by atoms with Crippen LogP contribution in [0.25, 0.3) is 0 Å². The van der Waals surface area contributed by atoms with Crippen LogP contribution in [0.5, 0.6) is 5.75 Å². The van der Waals surface area contributed by atoms with Crippen molar-refractivity contribution in [3.05, 3.63) is 71.8 Å². The number of hydrogen-bond acceptors (Lipinski definition) is 6. The zero-order valence-corrected chi connectivity index (χ0v) is 19.5. The first-order valence-corrected chi connectivity index (χ1v) is 12.4. The third-order valence-corrected chi connectivity index (χ3v) is 7.55. The van der Waals surface area contributed by atoms with Gasteiger partial charge in [-0.3, -0.25) is 14.3 Å². The van der Waals surface area contributed by atoms with E-state index in [0.29, 0.717) is 39.7 Å². The molecule has 1 aliphatic heterocycles. The first-order valence-electron chi connectivity index (χ1n) is 9.91. The van der Waals surface area contributed by atoms with E-state index in [4.69, 9.17) is 4.74 Å². The third-order valence-electron chi connectivity index (χ3n) is 4.95. The second-order valence-corrected chi connectivity index (χ2v) is 9.98. The van der Waals surface area contributed by atoms with Crippen LogP contribution in [0.1, 0.15) is 15.9 Å². The van der Waals surface area contributed by atoms with E-state index in [0.717, 1.165) is 4.90 Å². The average Bonchev–Trinajstić information content (AvgIpc) is 2.80. The van der Waals surface area contributed by atoms with E-state index in [1.807, 2.05) is 0 Å². The van der Waals surface area contributed by atoms with Crippen molar-refractivity contribution in [1.29, 1.82) is 0 Å². The molecule has 0 fully saturated rings. The lowest BCUT2D eigenvalue weighted by molar-refractivity contribution is -0.113. The third kappa shape index (κ3) is 5.12. The van der Waals surface area contributed by atoms with Gasteiger partial charge in [-0.15, -0.1) is 11.8 Å². The maximum Gasteiger partial charge on any atom is 0.262 e. The highest BCUT2D eigenvalue weighted by Gasteiger charge is 2.20. The molecule has 0 saturated carbocycles. The monoisotopic (exact) mass is 483 g/mol. The molecular formula is C23H21N3O5S2. The van der Waals surface area contributed by atoms with Gasteiger partial charge >= 0.3 is 0 Å². The van der Waals surface area contributed by atoms with E-state index in [-0.39, 0.29) is 10.8 Å². The lowest BCUT2D eigenvalue weighted by atomic mass is 10.1. The van der Waals surface area contributed by atoms with Crippen molar-refractivity contribution >= 4 is 50.7 Å². The number of ether oxygens (including phenoxy) is 1. The van der Waals surface area contributed by atoms with Gasteiger partial charge in [0, 0.05) is 21.8 Å². The van der Waals surface area contributed by atoms with Crippen LogP contribution in [0.4, 0.5) is 17.1 Å². The van der Waals surface area contributed by atoms with Gasteiger partial charge in [0.15, 0.2) is 0 Å². The van der Waals surface area contributed by atoms with Crippen molar-refractivity contribution in [3.8, 4) is 5.75 Å². The summed E-state index contributed by atoms with van der Waals surface area (Å²) in [5.74, 6) is 0.406. The standard InChI is InChI=1S/C23H21N3O5S2/c1-14-3-5-17(12-21(14)33(29,30)26-16-6-8-18(31-2)9-7-16)24-23(28)15-4-10-20-19(11-15)25-22(27)13-32-20/h3-12,26H,13H2,1-2H3,(H,24,28)(H,25,27). The Morgan fingerprint density at radius 2 is 1.76 bits per heavy atom. The fourth-order valence-corrected chi connectivity index (χ4v) is 5.38. The molecule has 1 aliphatic rings. The van der Waals surface area contributed by atoms with E-state index >= 15 is 0 Å². The Kier molecular flexibility index (Phi) is 6.30. The SMILES string of the molecule is COc1ccc(NS(=O)(=O)c2cc(NC(=O)c3ccc4c(c3)NC(=O)CS4)ccc2C)cc1. The largest absolute Gasteiger partial charge is 0.497 e. The molecule has 2 amide bonds. The minimum atomic E-state index is -3.90. The molecule has 1 heterocycles. The number of amides is 2. The summed E-state index contributed by atoms with van der Waals surface area (Å²) in [6, 6.07) is 16.2. The van der Waals surface area contributed by atoms with Crippen molar-refractivity contribution in [2.24, 2.45) is 0 Å². The minimum absolute atomic E-state index is 0.0465. The first kappa shape index (κ1) is 22.7. The molecular weight excluding hydrogens is 462 g/mol. The quantitative estimate of drug-likeness (QED) is 0.486. The molecule has 0 radical (unpaired) electrons. The molecule has 0 saturated heterocycles. The zero-order valence-electron chi connectivity index (χ0n) is 17.8. The summed E-state index contributed by atoms with van der Waals surface area (Å²) in [5, 5.41) is 5.48. The van der Waals surface area contributed by atoms with Crippen LogP contribution in [-0.2, 0) is 14.8 Å². The van der Waals surface area contributed by atoms with Crippen LogP contribution in [-0.4, -0.2) is 33.1 Å². The van der Waals surface area contributed by atoms with Crippen LogP contribution >= 0.6 is 11.8 Å². The number of carbonyl (C=O) groups excluding carboxylic acids is 2. The number of sulfonamides is 1. The molecule has 0 bridgehead atoms. The van der Waals surface area contributed by atoms with Crippen molar-refractivity contribution < 1.29 is 22.7 Å². The first-order chi connectivity index (χ1) is 15.7. The predicted octanol–water partition coefficient (Wildman–Crippen LogP) is 4.10. The highest BCUT2D eigenvalue weighted by Crippen LogP contribution is 2.32. The topological polar surface area (TPSA) is 114 Å². The number of aryl methyl sites for hydroxylation is 1. The van der Waals surface area contributed by atoms with Crippen molar-refractivity contribution in [1.82, 2.24) is 0 Å². The van der Waals surface area contributed by atoms with Gasteiger partial charge in [0.05, 0.1) is 23.4 Å². The summed E-state index contributed by atoms with van der Waals surface area (Å²) in [6.45, 7) is 1.68. The second-order valence-electron chi connectivity index (χ2n) is 7.32. The summed E-state index contributed by atoms with van der Waals surface area (Å²) >= 11 is 1.41. The highest BCUT2D eigenvalue weighted by molar-refractivity contribution is 8.00. The van der Waals surface area contributed by atoms with Gasteiger partial charge in [-0.05, 0) is 67.1 Å². The number of hydrogen-bond donors (Lipinski definition) is 3. The average molecular weight is 484 g/mol. The maximum absolute atomic E-state index is 13.0. The number of thioether (sulfide) groups is 1. The Balaban J connectivity index is 1.55. The van der Waals surface area contributed by atoms with E-state index in [2.05, 4.69) is 15.4 Å². The lowest BCUT2D eigenvalue weighted by Gasteiger charge is -2.17. The highest BCUT2D eigenvalue weighted by atomic mass is 32.2. The normalized spacial score (nSPS) is 13.0. The van der Waals surface area contributed by atoms with E-state index in [1.54, 1.807) is 61.5 Å². The van der Waals surface area contributed by atoms with Gasteiger partial charge < -0.3 is 15.4 Å². The Morgan fingerprint density at radius 3 is 2.48 bits per heavy atom. The fourth-order valence-electron chi connectivity index (χ4n) is 3.26. The number of benzene rings is 3. The molecule has 0 atom stereocenters. The minimum Gasteiger partial charge on any atom is -0.497 e. The van der Waals surface area contributed by atoms with Crippen molar-refractivity contribution in [2.75, 3.05) is 28.2 Å². The van der Waals surface area contributed by atoms with E-state index in [1.165, 1.54) is 24.9 Å². The number of carbonyl (C=O) groups is 2. The summed E-state index contributed by atoms with van der Waals surface area (Å²) in [6.07, 6.45) is 0. The second kappa shape index (κ2) is 9.16. The van der Waals surface area contributed by atoms with Crippen LogP contribution in [0.15, 0.2) is 70.5 Å². The molecule has 3 aromatic rings.